The lowest BCUT2D eigenvalue weighted by Gasteiger charge is -2.50. The lowest BCUT2D eigenvalue weighted by molar-refractivity contribution is 0.116. The molecular weight excluding hydrogens is 176 g/mol. The number of anilines is 1. The number of hydrogen-bond acceptors (Lipinski definition) is 3. The van der Waals surface area contributed by atoms with Gasteiger partial charge in [0.1, 0.15) is 0 Å². The van der Waals surface area contributed by atoms with Crippen molar-refractivity contribution in [3.8, 4) is 0 Å². The summed E-state index contributed by atoms with van der Waals surface area (Å²) in [6.45, 7) is 4.39. The maximum absolute atomic E-state index is 5.95. The lowest BCUT2D eigenvalue weighted by Crippen LogP contribution is -2.61. The third-order valence-electron chi connectivity index (χ3n) is 3.47. The zero-order chi connectivity index (χ0) is 10.3. The third-order valence-corrected chi connectivity index (χ3v) is 3.47. The van der Waals surface area contributed by atoms with Gasteiger partial charge in [0.2, 0.25) is 5.95 Å². The summed E-state index contributed by atoms with van der Waals surface area (Å²) < 4.78 is 1.99. The van der Waals surface area contributed by atoms with E-state index < -0.39 is 0 Å². The molecule has 1 aliphatic carbocycles. The smallest absolute Gasteiger partial charge is 0.202 e. The Hall–Kier alpha value is -1.03. The van der Waals surface area contributed by atoms with E-state index in [0.717, 1.165) is 12.4 Å². The van der Waals surface area contributed by atoms with Crippen molar-refractivity contribution in [1.82, 2.24) is 9.55 Å². The molecule has 78 valence electrons. The van der Waals surface area contributed by atoms with Crippen molar-refractivity contribution in [3.05, 3.63) is 12.4 Å². The highest BCUT2D eigenvalue weighted by molar-refractivity contribution is 5.31. The predicted octanol–water partition coefficient (Wildman–Crippen LogP) is 0.958. The molecule has 1 aliphatic rings. The van der Waals surface area contributed by atoms with E-state index in [1.807, 2.05) is 17.8 Å². The average molecular weight is 194 g/mol. The van der Waals surface area contributed by atoms with Crippen molar-refractivity contribution in [2.45, 2.75) is 32.4 Å². The topological polar surface area (TPSA) is 55.9 Å². The molecule has 4 nitrogen and oxygen atoms in total. The molecule has 0 amide bonds. The van der Waals surface area contributed by atoms with E-state index >= 15 is 0 Å². The Labute approximate surface area is 84.5 Å². The molecule has 0 aromatic carbocycles. The van der Waals surface area contributed by atoms with Crippen LogP contribution in [-0.4, -0.2) is 21.6 Å². The number of nitrogens with two attached hydrogens (primary N) is 1. The van der Waals surface area contributed by atoms with Crippen LogP contribution in [0.3, 0.4) is 0 Å². The molecule has 2 atom stereocenters. The Morgan fingerprint density at radius 2 is 2.36 bits per heavy atom. The second kappa shape index (κ2) is 2.98. The largest absolute Gasteiger partial charge is 0.352 e. The van der Waals surface area contributed by atoms with Crippen LogP contribution in [0.1, 0.15) is 20.3 Å². The highest BCUT2D eigenvalue weighted by atomic mass is 15.2. The zero-order valence-electron chi connectivity index (χ0n) is 8.99. The minimum absolute atomic E-state index is 0.173. The van der Waals surface area contributed by atoms with Gasteiger partial charge in [-0.1, -0.05) is 13.8 Å². The Bertz CT molecular complexity index is 329. The summed E-state index contributed by atoms with van der Waals surface area (Å²) in [6, 6.07) is 0.749. The van der Waals surface area contributed by atoms with E-state index in [9.17, 15) is 0 Å². The molecule has 4 heteroatoms. The monoisotopic (exact) mass is 194 g/mol. The van der Waals surface area contributed by atoms with E-state index in [0.29, 0.717) is 12.1 Å². The van der Waals surface area contributed by atoms with Crippen LogP contribution in [0.2, 0.25) is 0 Å². The number of nitrogens with zero attached hydrogens (tertiary/aromatic N) is 2. The first kappa shape index (κ1) is 9.52. The quantitative estimate of drug-likeness (QED) is 0.737. The number of nitrogens with one attached hydrogen (secondary N) is 1. The number of hydrogen-bond donors (Lipinski definition) is 2. The maximum atomic E-state index is 5.95. The van der Waals surface area contributed by atoms with Crippen LogP contribution in [0.4, 0.5) is 5.95 Å². The summed E-state index contributed by atoms with van der Waals surface area (Å²) in [5, 5.41) is 3.42. The van der Waals surface area contributed by atoms with Gasteiger partial charge in [0.05, 0.1) is 0 Å². The van der Waals surface area contributed by atoms with E-state index in [2.05, 4.69) is 24.1 Å². The highest BCUT2D eigenvalue weighted by Crippen LogP contribution is 2.40. The summed E-state index contributed by atoms with van der Waals surface area (Å²) in [4.78, 5) is 4.24. The van der Waals surface area contributed by atoms with Gasteiger partial charge in [-0.2, -0.15) is 0 Å². The minimum Gasteiger partial charge on any atom is -0.352 e. The zero-order valence-corrected chi connectivity index (χ0v) is 8.99. The maximum Gasteiger partial charge on any atom is 0.202 e. The van der Waals surface area contributed by atoms with Crippen LogP contribution < -0.4 is 11.1 Å². The van der Waals surface area contributed by atoms with Gasteiger partial charge in [-0.3, -0.25) is 0 Å². The lowest BCUT2D eigenvalue weighted by atomic mass is 9.63. The molecule has 0 bridgehead atoms. The SMILES string of the molecule is Cn1ccnc1NC1CC(N)C1(C)C. The van der Waals surface area contributed by atoms with E-state index in [-0.39, 0.29) is 5.41 Å². The molecule has 1 aromatic rings. The molecule has 0 radical (unpaired) electrons. The van der Waals surface area contributed by atoms with Gasteiger partial charge in [-0.15, -0.1) is 0 Å². The van der Waals surface area contributed by atoms with Crippen LogP contribution in [0.15, 0.2) is 12.4 Å². The van der Waals surface area contributed by atoms with E-state index in [4.69, 9.17) is 5.73 Å². The van der Waals surface area contributed by atoms with Crippen LogP contribution >= 0.6 is 0 Å². The van der Waals surface area contributed by atoms with Crippen LogP contribution in [0, 0.1) is 5.41 Å². The minimum atomic E-state index is 0.173. The van der Waals surface area contributed by atoms with Gasteiger partial charge in [0.15, 0.2) is 0 Å². The molecule has 0 aliphatic heterocycles. The summed E-state index contributed by atoms with van der Waals surface area (Å²) in [5.74, 6) is 0.926. The number of aryl methyl sites for hydroxylation is 1. The molecule has 0 spiro atoms. The van der Waals surface area contributed by atoms with E-state index in [1.165, 1.54) is 0 Å². The average Bonchev–Trinajstić information content (AvgIpc) is 2.51. The van der Waals surface area contributed by atoms with Crippen LogP contribution in [-0.2, 0) is 7.05 Å². The standard InChI is InChI=1S/C10H18N4/c1-10(2)7(11)6-8(10)13-9-12-4-5-14(9)3/h4-5,7-8H,6,11H2,1-3H3,(H,12,13). The van der Waals surface area contributed by atoms with Crippen molar-refractivity contribution in [2.24, 2.45) is 18.2 Å². The Morgan fingerprint density at radius 1 is 1.64 bits per heavy atom. The van der Waals surface area contributed by atoms with Gasteiger partial charge in [-0.25, -0.2) is 4.98 Å². The van der Waals surface area contributed by atoms with Gasteiger partial charge >= 0.3 is 0 Å². The molecule has 14 heavy (non-hydrogen) atoms. The Balaban J connectivity index is 2.04. The molecule has 1 saturated carbocycles. The van der Waals surface area contributed by atoms with Gasteiger partial charge in [-0.05, 0) is 6.42 Å². The summed E-state index contributed by atoms with van der Waals surface area (Å²) >= 11 is 0. The highest BCUT2D eigenvalue weighted by Gasteiger charge is 2.46. The molecule has 1 heterocycles. The first-order chi connectivity index (χ1) is 6.51. The summed E-state index contributed by atoms with van der Waals surface area (Å²) in [5.41, 5.74) is 6.12. The van der Waals surface area contributed by atoms with Crippen molar-refractivity contribution in [1.29, 1.82) is 0 Å². The second-order valence-corrected chi connectivity index (χ2v) is 4.72. The fourth-order valence-corrected chi connectivity index (χ4v) is 1.86. The first-order valence-electron chi connectivity index (χ1n) is 5.01. The molecule has 2 rings (SSSR count). The third kappa shape index (κ3) is 1.30. The fourth-order valence-electron chi connectivity index (χ4n) is 1.86. The predicted molar refractivity (Wildman–Crippen MR) is 57.0 cm³/mol. The van der Waals surface area contributed by atoms with E-state index in [1.54, 1.807) is 6.20 Å². The normalized spacial score (nSPS) is 29.7. The van der Waals surface area contributed by atoms with Gasteiger partial charge in [0.25, 0.3) is 0 Å². The molecular formula is C10H18N4. The summed E-state index contributed by atoms with van der Waals surface area (Å²) in [7, 11) is 1.99. The molecule has 3 N–H and O–H groups in total. The van der Waals surface area contributed by atoms with Crippen molar-refractivity contribution < 1.29 is 0 Å². The molecule has 0 saturated heterocycles. The number of rotatable bonds is 2. The van der Waals surface area contributed by atoms with Crippen molar-refractivity contribution >= 4 is 5.95 Å². The van der Waals surface area contributed by atoms with Crippen LogP contribution in [0.5, 0.6) is 0 Å². The first-order valence-corrected chi connectivity index (χ1v) is 5.01. The number of imidazole rings is 1. The van der Waals surface area contributed by atoms with Crippen molar-refractivity contribution in [2.75, 3.05) is 5.32 Å². The Kier molecular flexibility index (Phi) is 2.03. The second-order valence-electron chi connectivity index (χ2n) is 4.72. The molecule has 2 unspecified atom stereocenters. The molecule has 1 fully saturated rings. The number of aromatic nitrogens is 2. The van der Waals surface area contributed by atoms with Gasteiger partial charge in [0, 0.05) is 36.9 Å². The van der Waals surface area contributed by atoms with Crippen LogP contribution in [0.25, 0.3) is 0 Å². The molecule has 1 aromatic heterocycles. The Morgan fingerprint density at radius 3 is 2.79 bits per heavy atom. The fraction of sp³-hybridized carbons (Fsp3) is 0.700. The van der Waals surface area contributed by atoms with Crippen molar-refractivity contribution in [3.63, 3.8) is 0 Å². The van der Waals surface area contributed by atoms with Gasteiger partial charge < -0.3 is 15.6 Å². The summed E-state index contributed by atoms with van der Waals surface area (Å²) in [6.07, 6.45) is 4.77.